The zero-order chi connectivity index (χ0) is 22.1. The van der Waals surface area contributed by atoms with Crippen LogP contribution in [0.4, 0.5) is 23.7 Å². The van der Waals surface area contributed by atoms with E-state index in [0.717, 1.165) is 10.6 Å². The van der Waals surface area contributed by atoms with Gasteiger partial charge < -0.3 is 14.6 Å². The fourth-order valence-electron chi connectivity index (χ4n) is 3.21. The number of H-pyrrole nitrogens is 1. The van der Waals surface area contributed by atoms with E-state index in [1.807, 2.05) is 31.1 Å². The number of alkyl halides is 3. The van der Waals surface area contributed by atoms with Gasteiger partial charge in [-0.15, -0.1) is 0 Å². The van der Waals surface area contributed by atoms with E-state index < -0.39 is 23.7 Å². The molecular weight excluding hydrogens is 401 g/mol. The summed E-state index contributed by atoms with van der Waals surface area (Å²) < 4.78 is 45.6. The van der Waals surface area contributed by atoms with Crippen molar-refractivity contribution in [3.63, 3.8) is 0 Å². The molecule has 0 atom stereocenters. The maximum atomic E-state index is 13.5. The molecule has 1 amide bonds. The predicted molar refractivity (Wildman–Crippen MR) is 106 cm³/mol. The molecule has 3 rings (SSSR count). The van der Waals surface area contributed by atoms with Crippen molar-refractivity contribution in [2.75, 3.05) is 32.1 Å². The first-order valence-corrected chi connectivity index (χ1v) is 9.20. The predicted octanol–water partition coefficient (Wildman–Crippen LogP) is 3.37. The maximum Gasteiger partial charge on any atom is 0.431 e. The molecule has 1 aromatic carbocycles. The molecule has 30 heavy (non-hydrogen) atoms. The van der Waals surface area contributed by atoms with Crippen molar-refractivity contribution in [2.24, 2.45) is 0 Å². The Labute approximate surface area is 170 Å². The van der Waals surface area contributed by atoms with E-state index in [-0.39, 0.29) is 31.0 Å². The molecule has 2 heterocycles. The van der Waals surface area contributed by atoms with Crippen molar-refractivity contribution >= 4 is 23.4 Å². The van der Waals surface area contributed by atoms with Gasteiger partial charge >= 0.3 is 18.0 Å². The number of nitrogens with zero attached hydrogens (tertiary/aromatic N) is 3. The first kappa shape index (κ1) is 21.4. The van der Waals surface area contributed by atoms with E-state index in [4.69, 9.17) is 4.74 Å². The SMILES string of the molecule is CCOC(=O)N1CC(=Cc2ccc(N(C)C)cc2)c2nc(=O)[nH]c(C(F)(F)F)c2C1. The highest BCUT2D eigenvalue weighted by atomic mass is 19.4. The Balaban J connectivity index is 2.14. The van der Waals surface area contributed by atoms with E-state index >= 15 is 0 Å². The number of halogens is 3. The maximum absolute atomic E-state index is 13.5. The number of rotatable bonds is 3. The van der Waals surface area contributed by atoms with Crippen molar-refractivity contribution in [3.8, 4) is 0 Å². The number of benzene rings is 1. The Morgan fingerprint density at radius 2 is 1.93 bits per heavy atom. The fraction of sp³-hybridized carbons (Fsp3) is 0.350. The van der Waals surface area contributed by atoms with Crippen LogP contribution in [0.3, 0.4) is 0 Å². The van der Waals surface area contributed by atoms with Gasteiger partial charge in [-0.1, -0.05) is 12.1 Å². The molecule has 0 bridgehead atoms. The second-order valence-corrected chi connectivity index (χ2v) is 6.95. The lowest BCUT2D eigenvalue weighted by molar-refractivity contribution is -0.142. The van der Waals surface area contributed by atoms with Crippen LogP contribution in [-0.2, 0) is 17.5 Å². The molecule has 10 heteroatoms. The van der Waals surface area contributed by atoms with Crippen LogP contribution in [0.25, 0.3) is 11.6 Å². The first-order chi connectivity index (χ1) is 14.1. The van der Waals surface area contributed by atoms with E-state index in [1.165, 1.54) is 0 Å². The molecule has 7 nitrogen and oxygen atoms in total. The monoisotopic (exact) mass is 422 g/mol. The zero-order valence-electron chi connectivity index (χ0n) is 16.7. The summed E-state index contributed by atoms with van der Waals surface area (Å²) in [6.07, 6.45) is -3.92. The second-order valence-electron chi connectivity index (χ2n) is 6.95. The molecule has 0 aliphatic carbocycles. The number of carbonyl (C=O) groups is 1. The third kappa shape index (κ3) is 4.47. The molecule has 1 N–H and O–H groups in total. The highest BCUT2D eigenvalue weighted by Gasteiger charge is 2.39. The second kappa shape index (κ2) is 8.21. The molecule has 1 aliphatic rings. The average molecular weight is 422 g/mol. The molecule has 0 unspecified atom stereocenters. The number of aromatic nitrogens is 2. The minimum atomic E-state index is -4.80. The van der Waals surface area contributed by atoms with Gasteiger partial charge in [0, 0.05) is 25.3 Å². The van der Waals surface area contributed by atoms with Crippen molar-refractivity contribution in [2.45, 2.75) is 19.6 Å². The van der Waals surface area contributed by atoms with E-state index in [0.29, 0.717) is 11.1 Å². The highest BCUT2D eigenvalue weighted by molar-refractivity contribution is 5.86. The third-order valence-electron chi connectivity index (χ3n) is 4.61. The van der Waals surface area contributed by atoms with Gasteiger partial charge in [-0.25, -0.2) is 9.59 Å². The standard InChI is InChI=1S/C20H21F3N4O3/c1-4-30-19(29)27-10-13(9-12-5-7-14(8-6-12)26(2)3)16-15(11-27)17(20(21,22)23)25-18(28)24-16/h5-9H,4,10-11H2,1-3H3,(H,24,25,28). The summed E-state index contributed by atoms with van der Waals surface area (Å²) in [6.45, 7) is 1.29. The van der Waals surface area contributed by atoms with Crippen molar-refractivity contribution in [3.05, 3.63) is 57.3 Å². The number of aromatic amines is 1. The molecule has 0 saturated carbocycles. The lowest BCUT2D eigenvalue weighted by Gasteiger charge is -2.30. The van der Waals surface area contributed by atoms with Crippen LogP contribution in [0.15, 0.2) is 29.1 Å². The lowest BCUT2D eigenvalue weighted by Crippen LogP contribution is -2.39. The van der Waals surface area contributed by atoms with Crippen LogP contribution in [0.2, 0.25) is 0 Å². The van der Waals surface area contributed by atoms with E-state index in [9.17, 15) is 22.8 Å². The zero-order valence-corrected chi connectivity index (χ0v) is 16.7. The minimum Gasteiger partial charge on any atom is -0.450 e. The Bertz CT molecular complexity index is 1030. The van der Waals surface area contributed by atoms with Gasteiger partial charge in [-0.05, 0) is 36.3 Å². The Morgan fingerprint density at radius 3 is 2.50 bits per heavy atom. The Hall–Kier alpha value is -3.30. The normalized spacial score (nSPS) is 15.1. The fourth-order valence-corrected chi connectivity index (χ4v) is 3.21. The average Bonchev–Trinajstić information content (AvgIpc) is 2.67. The molecule has 1 aromatic heterocycles. The molecule has 160 valence electrons. The van der Waals surface area contributed by atoms with E-state index in [2.05, 4.69) is 4.98 Å². The van der Waals surface area contributed by atoms with Crippen LogP contribution in [0.1, 0.15) is 29.4 Å². The van der Waals surface area contributed by atoms with Crippen molar-refractivity contribution in [1.82, 2.24) is 14.9 Å². The van der Waals surface area contributed by atoms with Gasteiger partial charge in [0.15, 0.2) is 0 Å². The molecule has 1 aliphatic heterocycles. The molecule has 0 saturated heterocycles. The largest absolute Gasteiger partial charge is 0.450 e. The molecule has 0 fully saturated rings. The minimum absolute atomic E-state index is 0.0327. The van der Waals surface area contributed by atoms with Crippen LogP contribution < -0.4 is 10.6 Å². The number of anilines is 1. The van der Waals surface area contributed by atoms with Crippen LogP contribution >= 0.6 is 0 Å². The molecule has 2 aromatic rings. The Kier molecular flexibility index (Phi) is 5.86. The van der Waals surface area contributed by atoms with Gasteiger partial charge in [0.2, 0.25) is 0 Å². The van der Waals surface area contributed by atoms with Gasteiger partial charge in [0.05, 0.1) is 25.4 Å². The summed E-state index contributed by atoms with van der Waals surface area (Å²) in [5.74, 6) is 0. The number of ether oxygens (including phenoxy) is 1. The smallest absolute Gasteiger partial charge is 0.431 e. The number of carbonyl (C=O) groups excluding carboxylic acids is 1. The van der Waals surface area contributed by atoms with Gasteiger partial charge in [-0.2, -0.15) is 18.2 Å². The van der Waals surface area contributed by atoms with Gasteiger partial charge in [0.1, 0.15) is 5.69 Å². The molecular formula is C20H21F3N4O3. The summed E-state index contributed by atoms with van der Waals surface area (Å²) in [7, 11) is 3.77. The molecule has 0 spiro atoms. The topological polar surface area (TPSA) is 78.5 Å². The summed E-state index contributed by atoms with van der Waals surface area (Å²) in [4.78, 5) is 32.7. The van der Waals surface area contributed by atoms with Gasteiger partial charge in [0.25, 0.3) is 0 Å². The third-order valence-corrected chi connectivity index (χ3v) is 4.61. The Morgan fingerprint density at radius 1 is 1.27 bits per heavy atom. The summed E-state index contributed by atoms with van der Waals surface area (Å²) in [6, 6.07) is 7.30. The number of fused-ring (bicyclic) bond motifs is 1. The van der Waals surface area contributed by atoms with Crippen molar-refractivity contribution in [1.29, 1.82) is 0 Å². The summed E-state index contributed by atoms with van der Waals surface area (Å²) >= 11 is 0. The number of nitrogens with one attached hydrogen (secondary N) is 1. The quantitative estimate of drug-likeness (QED) is 0.821. The summed E-state index contributed by atoms with van der Waals surface area (Å²) in [5, 5.41) is 0. The van der Waals surface area contributed by atoms with E-state index in [1.54, 1.807) is 30.1 Å². The highest BCUT2D eigenvalue weighted by Crippen LogP contribution is 2.36. The number of hydrogen-bond acceptors (Lipinski definition) is 5. The number of hydrogen-bond donors (Lipinski definition) is 1. The van der Waals surface area contributed by atoms with Crippen LogP contribution in [0, 0.1) is 0 Å². The summed E-state index contributed by atoms with van der Waals surface area (Å²) in [5.41, 5.74) is -0.676. The first-order valence-electron chi connectivity index (χ1n) is 9.20. The lowest BCUT2D eigenvalue weighted by atomic mass is 9.97. The van der Waals surface area contributed by atoms with Crippen LogP contribution in [0.5, 0.6) is 0 Å². The molecule has 0 radical (unpaired) electrons. The van der Waals surface area contributed by atoms with Crippen molar-refractivity contribution < 1.29 is 22.7 Å². The number of amides is 1. The van der Waals surface area contributed by atoms with Gasteiger partial charge in [-0.3, -0.25) is 4.90 Å². The van der Waals surface area contributed by atoms with Crippen LogP contribution in [-0.4, -0.2) is 48.2 Å².